The second-order valence-electron chi connectivity index (χ2n) is 9.25. The maximum Gasteiger partial charge on any atom is 0.407 e. The van der Waals surface area contributed by atoms with Crippen molar-refractivity contribution in [3.63, 3.8) is 0 Å². The van der Waals surface area contributed by atoms with Crippen molar-refractivity contribution in [3.05, 3.63) is 48.3 Å². The van der Waals surface area contributed by atoms with Gasteiger partial charge < -0.3 is 20.2 Å². The molecule has 0 unspecified atom stereocenters. The molecule has 1 aliphatic rings. The van der Waals surface area contributed by atoms with Gasteiger partial charge in [-0.25, -0.2) is 9.78 Å². The number of nitrogens with zero attached hydrogens (tertiary/aromatic N) is 7. The standard InChI is InChI=1S/C26H32N8O2/c1-4-20(5-2)34-23-22(16-28-34)30-25(32-10-12-33(13-11-32)26(35)36)31-24(23)29-17(3)19-14-18-8-6-7-9-21(18)27-15-19/h6-9,14-17,20H,4-5,10-13H2,1-3H3,(H,35,36)(H,29,30,31)/t17-/m1/s1. The van der Waals surface area contributed by atoms with Crippen LogP contribution in [0.25, 0.3) is 21.9 Å². The van der Waals surface area contributed by atoms with E-state index in [1.54, 1.807) is 6.20 Å². The highest BCUT2D eigenvalue weighted by Crippen LogP contribution is 2.31. The Bertz CT molecular complexity index is 1380. The van der Waals surface area contributed by atoms with Gasteiger partial charge in [0.2, 0.25) is 5.95 Å². The lowest BCUT2D eigenvalue weighted by Gasteiger charge is -2.33. The van der Waals surface area contributed by atoms with E-state index in [9.17, 15) is 9.90 Å². The van der Waals surface area contributed by atoms with E-state index in [-0.39, 0.29) is 12.1 Å². The van der Waals surface area contributed by atoms with E-state index < -0.39 is 6.09 Å². The molecule has 1 amide bonds. The molecule has 4 heterocycles. The molecule has 1 aromatic carbocycles. The summed E-state index contributed by atoms with van der Waals surface area (Å²) in [6, 6.07) is 10.4. The average molecular weight is 489 g/mol. The van der Waals surface area contributed by atoms with Gasteiger partial charge in [0.05, 0.1) is 23.8 Å². The normalized spacial score (nSPS) is 15.1. The van der Waals surface area contributed by atoms with Crippen molar-refractivity contribution in [1.29, 1.82) is 0 Å². The molecule has 2 N–H and O–H groups in total. The maximum atomic E-state index is 11.3. The van der Waals surface area contributed by atoms with Crippen LogP contribution in [0.2, 0.25) is 0 Å². The zero-order chi connectivity index (χ0) is 25.2. The molecule has 1 fully saturated rings. The van der Waals surface area contributed by atoms with E-state index >= 15 is 0 Å². The van der Waals surface area contributed by atoms with Crippen LogP contribution in [-0.4, -0.2) is 67.0 Å². The molecular formula is C26H32N8O2. The largest absolute Gasteiger partial charge is 0.465 e. The zero-order valence-corrected chi connectivity index (χ0v) is 20.9. The third-order valence-corrected chi connectivity index (χ3v) is 7.02. The summed E-state index contributed by atoms with van der Waals surface area (Å²) in [6.45, 7) is 8.36. The monoisotopic (exact) mass is 488 g/mol. The van der Waals surface area contributed by atoms with Crippen LogP contribution in [-0.2, 0) is 0 Å². The minimum absolute atomic E-state index is 0.0537. The first-order valence-corrected chi connectivity index (χ1v) is 12.6. The number of carbonyl (C=O) groups is 1. The first-order valence-electron chi connectivity index (χ1n) is 12.6. The Labute approximate surface area is 210 Å². The number of amides is 1. The highest BCUT2D eigenvalue weighted by atomic mass is 16.4. The van der Waals surface area contributed by atoms with Gasteiger partial charge in [-0.15, -0.1) is 0 Å². The molecule has 10 heteroatoms. The molecule has 0 saturated carbocycles. The van der Waals surface area contributed by atoms with Gasteiger partial charge in [-0.2, -0.15) is 10.1 Å². The highest BCUT2D eigenvalue weighted by molar-refractivity contribution is 5.87. The number of carboxylic acid groups (broad SMARTS) is 1. The number of rotatable bonds is 7. The molecule has 10 nitrogen and oxygen atoms in total. The Morgan fingerprint density at radius 2 is 1.81 bits per heavy atom. The number of hydrogen-bond donors (Lipinski definition) is 2. The molecule has 0 bridgehead atoms. The van der Waals surface area contributed by atoms with Crippen molar-refractivity contribution in [2.75, 3.05) is 36.4 Å². The van der Waals surface area contributed by atoms with Crippen LogP contribution in [0.5, 0.6) is 0 Å². The van der Waals surface area contributed by atoms with Crippen molar-refractivity contribution in [2.24, 2.45) is 0 Å². The number of hydrogen-bond acceptors (Lipinski definition) is 7. The summed E-state index contributed by atoms with van der Waals surface area (Å²) in [5, 5.41) is 18.7. The highest BCUT2D eigenvalue weighted by Gasteiger charge is 2.25. The molecule has 0 aliphatic carbocycles. The predicted octanol–water partition coefficient (Wildman–Crippen LogP) is 4.71. The summed E-state index contributed by atoms with van der Waals surface area (Å²) in [7, 11) is 0. The first kappa shape index (κ1) is 23.8. The molecule has 188 valence electrons. The smallest absolute Gasteiger partial charge is 0.407 e. The van der Waals surface area contributed by atoms with Crippen molar-refractivity contribution < 1.29 is 9.90 Å². The topological polar surface area (TPSA) is 112 Å². The fourth-order valence-corrected chi connectivity index (χ4v) is 4.81. The molecule has 3 aromatic heterocycles. The van der Waals surface area contributed by atoms with E-state index in [4.69, 9.17) is 15.1 Å². The van der Waals surface area contributed by atoms with E-state index in [1.165, 1.54) is 4.90 Å². The molecular weight excluding hydrogens is 456 g/mol. The number of para-hydroxylation sites is 1. The lowest BCUT2D eigenvalue weighted by molar-refractivity contribution is 0.142. The minimum atomic E-state index is -0.891. The van der Waals surface area contributed by atoms with Gasteiger partial charge in [0.25, 0.3) is 0 Å². The number of fused-ring (bicyclic) bond motifs is 2. The quantitative estimate of drug-likeness (QED) is 0.385. The Balaban J connectivity index is 1.52. The zero-order valence-electron chi connectivity index (χ0n) is 20.9. The Hall–Kier alpha value is -3.95. The Morgan fingerprint density at radius 1 is 1.06 bits per heavy atom. The fourth-order valence-electron chi connectivity index (χ4n) is 4.81. The van der Waals surface area contributed by atoms with Gasteiger partial charge in [0.15, 0.2) is 5.82 Å². The van der Waals surface area contributed by atoms with Crippen LogP contribution in [0.4, 0.5) is 16.6 Å². The summed E-state index contributed by atoms with van der Waals surface area (Å²) < 4.78 is 2.04. The molecule has 0 radical (unpaired) electrons. The van der Waals surface area contributed by atoms with Gasteiger partial charge in [0.1, 0.15) is 11.0 Å². The van der Waals surface area contributed by atoms with Crippen LogP contribution in [0, 0.1) is 0 Å². The first-order chi connectivity index (χ1) is 17.5. The van der Waals surface area contributed by atoms with Gasteiger partial charge in [0, 0.05) is 37.8 Å². The van der Waals surface area contributed by atoms with Gasteiger partial charge in [-0.05, 0) is 37.5 Å². The molecule has 1 saturated heterocycles. The average Bonchev–Trinajstić information content (AvgIpc) is 3.33. The maximum absolute atomic E-state index is 11.3. The van der Waals surface area contributed by atoms with E-state index in [1.807, 2.05) is 34.0 Å². The summed E-state index contributed by atoms with van der Waals surface area (Å²) in [5.41, 5.74) is 3.69. The molecule has 36 heavy (non-hydrogen) atoms. The van der Waals surface area contributed by atoms with Crippen molar-refractivity contribution in [3.8, 4) is 0 Å². The summed E-state index contributed by atoms with van der Waals surface area (Å²) in [4.78, 5) is 29.2. The van der Waals surface area contributed by atoms with Crippen LogP contribution in [0.3, 0.4) is 0 Å². The summed E-state index contributed by atoms with van der Waals surface area (Å²) in [6.07, 6.45) is 4.73. The van der Waals surface area contributed by atoms with Gasteiger partial charge >= 0.3 is 6.09 Å². The number of benzene rings is 1. The Morgan fingerprint density at radius 3 is 2.53 bits per heavy atom. The van der Waals surface area contributed by atoms with Crippen molar-refractivity contribution in [1.82, 2.24) is 29.6 Å². The molecule has 1 atom stereocenters. The SMILES string of the molecule is CCC(CC)n1ncc2nc(N3CCN(C(=O)O)CC3)nc(N[C@H](C)c3cnc4ccccc4c3)c21. The van der Waals surface area contributed by atoms with E-state index in [2.05, 4.69) is 43.2 Å². The number of pyridine rings is 1. The summed E-state index contributed by atoms with van der Waals surface area (Å²) >= 11 is 0. The molecule has 4 aromatic rings. The van der Waals surface area contributed by atoms with Crippen LogP contribution in [0.15, 0.2) is 42.7 Å². The van der Waals surface area contributed by atoms with Crippen molar-refractivity contribution >= 4 is 39.8 Å². The third kappa shape index (κ3) is 4.50. The van der Waals surface area contributed by atoms with Crippen LogP contribution < -0.4 is 10.2 Å². The van der Waals surface area contributed by atoms with Crippen LogP contribution in [0.1, 0.15) is 51.3 Å². The van der Waals surface area contributed by atoms with E-state index in [0.29, 0.717) is 32.1 Å². The minimum Gasteiger partial charge on any atom is -0.465 e. The van der Waals surface area contributed by atoms with Gasteiger partial charge in [-0.3, -0.25) is 9.67 Å². The summed E-state index contributed by atoms with van der Waals surface area (Å²) in [5.74, 6) is 1.31. The lowest BCUT2D eigenvalue weighted by atomic mass is 10.1. The lowest BCUT2D eigenvalue weighted by Crippen LogP contribution is -2.48. The number of aromatic nitrogens is 5. The number of anilines is 2. The molecule has 0 spiro atoms. The fraction of sp³-hybridized carbons (Fsp3) is 0.423. The molecule has 1 aliphatic heterocycles. The van der Waals surface area contributed by atoms with Gasteiger partial charge in [-0.1, -0.05) is 32.0 Å². The second kappa shape index (κ2) is 9.96. The predicted molar refractivity (Wildman–Crippen MR) is 141 cm³/mol. The third-order valence-electron chi connectivity index (χ3n) is 7.02. The van der Waals surface area contributed by atoms with E-state index in [0.717, 1.165) is 46.2 Å². The number of piperazine rings is 1. The Kier molecular flexibility index (Phi) is 6.58. The van der Waals surface area contributed by atoms with Crippen LogP contribution >= 0.6 is 0 Å². The molecule has 5 rings (SSSR count). The second-order valence-corrected chi connectivity index (χ2v) is 9.25. The van der Waals surface area contributed by atoms with Crippen molar-refractivity contribution in [2.45, 2.75) is 45.7 Å². The number of nitrogens with one attached hydrogen (secondary N) is 1.